The Balaban J connectivity index is 1.78. The van der Waals surface area contributed by atoms with Crippen molar-refractivity contribution in [3.05, 3.63) is 35.4 Å². The zero-order valence-electron chi connectivity index (χ0n) is 9.80. The molecule has 1 heterocycles. The third-order valence-electron chi connectivity index (χ3n) is 4.00. The van der Waals surface area contributed by atoms with Gasteiger partial charge in [-0.3, -0.25) is 4.90 Å². The number of rotatable bonds is 3. The molecule has 0 aromatic heterocycles. The normalized spacial score (nSPS) is 27.5. The minimum atomic E-state index is -0.815. The van der Waals surface area contributed by atoms with Gasteiger partial charge >= 0.3 is 5.97 Å². The fourth-order valence-electron chi connectivity index (χ4n) is 2.99. The Bertz CT molecular complexity index is 444. The summed E-state index contributed by atoms with van der Waals surface area (Å²) < 4.78 is 0. The number of carboxylic acid groups (broad SMARTS) is 1. The lowest BCUT2D eigenvalue weighted by Gasteiger charge is -2.26. The first-order chi connectivity index (χ1) is 8.25. The number of carboxylic acids is 1. The van der Waals surface area contributed by atoms with E-state index < -0.39 is 5.97 Å². The van der Waals surface area contributed by atoms with Crippen LogP contribution in [-0.4, -0.2) is 28.6 Å². The van der Waals surface area contributed by atoms with Crippen molar-refractivity contribution in [3.63, 3.8) is 0 Å². The topological polar surface area (TPSA) is 40.5 Å². The van der Waals surface area contributed by atoms with Crippen LogP contribution in [0.4, 0.5) is 0 Å². The third-order valence-corrected chi connectivity index (χ3v) is 4.00. The van der Waals surface area contributed by atoms with Gasteiger partial charge in [-0.15, -0.1) is 0 Å². The summed E-state index contributed by atoms with van der Waals surface area (Å²) in [5.41, 5.74) is 1.41. The Morgan fingerprint density at radius 2 is 2.24 bits per heavy atom. The highest BCUT2D eigenvalue weighted by molar-refractivity contribution is 5.89. The third kappa shape index (κ3) is 2.07. The number of aromatic carboxylic acids is 1. The van der Waals surface area contributed by atoms with E-state index in [1.165, 1.54) is 19.3 Å². The zero-order valence-corrected chi connectivity index (χ0v) is 9.80. The first-order valence-corrected chi connectivity index (χ1v) is 6.31. The van der Waals surface area contributed by atoms with E-state index in [-0.39, 0.29) is 0 Å². The molecular weight excluding hydrogens is 214 g/mol. The number of benzene rings is 1. The van der Waals surface area contributed by atoms with Gasteiger partial charge in [0.15, 0.2) is 0 Å². The van der Waals surface area contributed by atoms with E-state index >= 15 is 0 Å². The van der Waals surface area contributed by atoms with Crippen molar-refractivity contribution in [1.29, 1.82) is 0 Å². The van der Waals surface area contributed by atoms with Crippen molar-refractivity contribution in [2.24, 2.45) is 5.92 Å². The fraction of sp³-hybridized carbons (Fsp3) is 0.500. The van der Waals surface area contributed by atoms with E-state index in [0.717, 1.165) is 30.6 Å². The maximum atomic E-state index is 11.1. The molecule has 1 aliphatic carbocycles. The second kappa shape index (κ2) is 4.15. The van der Waals surface area contributed by atoms with Crippen molar-refractivity contribution in [3.8, 4) is 0 Å². The molecule has 17 heavy (non-hydrogen) atoms. The second-order valence-electron chi connectivity index (χ2n) is 5.14. The smallest absolute Gasteiger partial charge is 0.336 e. The molecular formula is C14H17NO2. The lowest BCUT2D eigenvalue weighted by molar-refractivity contribution is 0.0694. The second-order valence-corrected chi connectivity index (χ2v) is 5.14. The lowest BCUT2D eigenvalue weighted by atomic mass is 10.1. The molecule has 90 valence electrons. The summed E-state index contributed by atoms with van der Waals surface area (Å²) in [7, 11) is 0. The first-order valence-electron chi connectivity index (χ1n) is 6.31. The maximum Gasteiger partial charge on any atom is 0.336 e. The predicted octanol–water partition coefficient (Wildman–Crippen LogP) is 2.37. The van der Waals surface area contributed by atoms with E-state index in [1.54, 1.807) is 12.1 Å². The molecule has 1 aromatic rings. The van der Waals surface area contributed by atoms with Gasteiger partial charge in [0.2, 0.25) is 0 Å². The number of fused-ring (bicyclic) bond motifs is 1. The van der Waals surface area contributed by atoms with Crippen molar-refractivity contribution < 1.29 is 9.90 Å². The van der Waals surface area contributed by atoms with Gasteiger partial charge < -0.3 is 5.11 Å². The number of carbonyl (C=O) groups is 1. The largest absolute Gasteiger partial charge is 0.478 e. The Kier molecular flexibility index (Phi) is 2.63. The van der Waals surface area contributed by atoms with Crippen molar-refractivity contribution in [2.75, 3.05) is 6.54 Å². The minimum absolute atomic E-state index is 0.454. The summed E-state index contributed by atoms with van der Waals surface area (Å²) in [5.74, 6) is 0.0747. The molecule has 1 saturated carbocycles. The Morgan fingerprint density at radius 3 is 3.06 bits per heavy atom. The van der Waals surface area contributed by atoms with Crippen molar-refractivity contribution >= 4 is 5.97 Å². The van der Waals surface area contributed by atoms with Gasteiger partial charge in [0.05, 0.1) is 5.56 Å². The Labute approximate surface area is 101 Å². The van der Waals surface area contributed by atoms with Crippen LogP contribution in [-0.2, 0) is 6.54 Å². The molecule has 2 fully saturated rings. The predicted molar refractivity (Wildman–Crippen MR) is 64.9 cm³/mol. The van der Waals surface area contributed by atoms with Gasteiger partial charge in [-0.2, -0.15) is 0 Å². The minimum Gasteiger partial charge on any atom is -0.478 e. The summed E-state index contributed by atoms with van der Waals surface area (Å²) in [6.07, 6.45) is 3.94. The van der Waals surface area contributed by atoms with E-state index in [0.29, 0.717) is 5.56 Å². The molecule has 0 radical (unpaired) electrons. The summed E-state index contributed by atoms with van der Waals surface area (Å²) in [6, 6.07) is 8.09. The molecule has 1 aromatic carbocycles. The molecule has 1 N–H and O–H groups in total. The number of likely N-dealkylation sites (tertiary alicyclic amines) is 1. The van der Waals surface area contributed by atoms with Crippen molar-refractivity contribution in [2.45, 2.75) is 31.8 Å². The van der Waals surface area contributed by atoms with Crippen LogP contribution in [0.2, 0.25) is 0 Å². The molecule has 0 spiro atoms. The van der Waals surface area contributed by atoms with Crippen LogP contribution in [0.3, 0.4) is 0 Å². The molecule has 3 nitrogen and oxygen atoms in total. The molecule has 1 aliphatic heterocycles. The van der Waals surface area contributed by atoms with E-state index in [1.807, 2.05) is 12.1 Å². The maximum absolute atomic E-state index is 11.1. The SMILES string of the molecule is O=C(O)c1ccccc1CN1CCCC2CC21. The highest BCUT2D eigenvalue weighted by atomic mass is 16.4. The van der Waals surface area contributed by atoms with Gasteiger partial charge in [0.25, 0.3) is 0 Å². The van der Waals surface area contributed by atoms with Crippen molar-refractivity contribution in [1.82, 2.24) is 4.90 Å². The van der Waals surface area contributed by atoms with E-state index in [2.05, 4.69) is 4.90 Å². The molecule has 1 saturated heterocycles. The highest BCUT2D eigenvalue weighted by Crippen LogP contribution is 2.43. The number of hydrogen-bond donors (Lipinski definition) is 1. The van der Waals surface area contributed by atoms with Gasteiger partial charge in [-0.25, -0.2) is 4.79 Å². The average Bonchev–Trinajstić information content (AvgIpc) is 3.09. The van der Waals surface area contributed by atoms with Crippen LogP contribution in [0.5, 0.6) is 0 Å². The fourth-order valence-corrected chi connectivity index (χ4v) is 2.99. The monoisotopic (exact) mass is 231 g/mol. The Hall–Kier alpha value is -1.35. The van der Waals surface area contributed by atoms with E-state index in [9.17, 15) is 4.79 Å². The van der Waals surface area contributed by atoms with Crippen LogP contribution in [0, 0.1) is 5.92 Å². The summed E-state index contributed by atoms with van der Waals surface area (Å²) in [4.78, 5) is 13.6. The van der Waals surface area contributed by atoms with Gasteiger partial charge in [-0.1, -0.05) is 18.2 Å². The van der Waals surface area contributed by atoms with Crippen LogP contribution in [0.15, 0.2) is 24.3 Å². The molecule has 2 aliphatic rings. The average molecular weight is 231 g/mol. The van der Waals surface area contributed by atoms with Crippen LogP contribution in [0.1, 0.15) is 35.2 Å². The summed E-state index contributed by atoms with van der Waals surface area (Å²) in [5, 5.41) is 9.15. The number of piperidine rings is 1. The van der Waals surface area contributed by atoms with Crippen LogP contribution < -0.4 is 0 Å². The molecule has 0 bridgehead atoms. The molecule has 2 unspecified atom stereocenters. The lowest BCUT2D eigenvalue weighted by Crippen LogP contribution is -2.31. The number of hydrogen-bond acceptors (Lipinski definition) is 2. The Morgan fingerprint density at radius 1 is 1.41 bits per heavy atom. The van der Waals surface area contributed by atoms with Gasteiger partial charge in [0, 0.05) is 12.6 Å². The molecule has 3 rings (SSSR count). The number of nitrogens with zero attached hydrogens (tertiary/aromatic N) is 1. The first kappa shape index (κ1) is 10.8. The quantitative estimate of drug-likeness (QED) is 0.868. The molecule has 0 amide bonds. The van der Waals surface area contributed by atoms with Gasteiger partial charge in [0.1, 0.15) is 0 Å². The highest BCUT2D eigenvalue weighted by Gasteiger charge is 2.43. The molecule has 2 atom stereocenters. The zero-order chi connectivity index (χ0) is 11.8. The van der Waals surface area contributed by atoms with E-state index in [4.69, 9.17) is 5.11 Å². The van der Waals surface area contributed by atoms with Crippen LogP contribution in [0.25, 0.3) is 0 Å². The van der Waals surface area contributed by atoms with Gasteiger partial charge in [-0.05, 0) is 43.4 Å². The summed E-state index contributed by atoms with van der Waals surface area (Å²) >= 11 is 0. The standard InChI is InChI=1S/C14H17NO2/c16-14(17)12-6-2-1-4-11(12)9-15-7-3-5-10-8-13(10)15/h1-2,4,6,10,13H,3,5,7-9H2,(H,16,17). The summed E-state index contributed by atoms with van der Waals surface area (Å²) in [6.45, 7) is 1.92. The van der Waals surface area contributed by atoms with Crippen LogP contribution >= 0.6 is 0 Å². The molecule has 3 heteroatoms.